The second-order valence-corrected chi connectivity index (χ2v) is 5.97. The van der Waals surface area contributed by atoms with Gasteiger partial charge in [-0.3, -0.25) is 4.99 Å². The molecule has 3 aromatic carbocycles. The smallest absolute Gasteiger partial charge is 0.129 e. The highest BCUT2D eigenvalue weighted by Gasteiger charge is 2.05. The van der Waals surface area contributed by atoms with Crippen LogP contribution < -0.4 is 4.74 Å². The SMILES string of the molecule is Cc1ccc(C)c(N=Cc2ccccc2OCc2ccccc2F)c1. The molecule has 0 aliphatic heterocycles. The molecular weight excluding hydrogens is 313 g/mol. The minimum Gasteiger partial charge on any atom is -0.488 e. The fraction of sp³-hybridized carbons (Fsp3) is 0.136. The predicted octanol–water partition coefficient (Wildman–Crippen LogP) is 5.77. The van der Waals surface area contributed by atoms with Crippen LogP contribution in [-0.2, 0) is 6.61 Å². The molecule has 0 spiro atoms. The van der Waals surface area contributed by atoms with Crippen LogP contribution >= 0.6 is 0 Å². The third-order valence-electron chi connectivity index (χ3n) is 3.97. The first kappa shape index (κ1) is 16.9. The molecule has 25 heavy (non-hydrogen) atoms. The molecule has 0 radical (unpaired) electrons. The Hall–Kier alpha value is -2.94. The minimum atomic E-state index is -0.260. The van der Waals surface area contributed by atoms with Crippen LogP contribution in [0, 0.1) is 19.7 Å². The van der Waals surface area contributed by atoms with Gasteiger partial charge in [0.05, 0.1) is 5.69 Å². The Kier molecular flexibility index (Phi) is 5.24. The molecule has 0 atom stereocenters. The van der Waals surface area contributed by atoms with Crippen LogP contribution in [0.25, 0.3) is 0 Å². The van der Waals surface area contributed by atoms with E-state index in [-0.39, 0.29) is 12.4 Å². The number of halogens is 1. The van der Waals surface area contributed by atoms with Crippen LogP contribution in [0.4, 0.5) is 10.1 Å². The molecule has 0 unspecified atom stereocenters. The fourth-order valence-electron chi connectivity index (χ4n) is 2.49. The first-order chi connectivity index (χ1) is 12.1. The quantitative estimate of drug-likeness (QED) is 0.543. The van der Waals surface area contributed by atoms with E-state index in [0.717, 1.165) is 16.8 Å². The van der Waals surface area contributed by atoms with Gasteiger partial charge in [0.25, 0.3) is 0 Å². The minimum absolute atomic E-state index is 0.182. The number of benzene rings is 3. The highest BCUT2D eigenvalue weighted by molar-refractivity contribution is 5.85. The summed E-state index contributed by atoms with van der Waals surface area (Å²) < 4.78 is 19.6. The number of hydrogen-bond acceptors (Lipinski definition) is 2. The van der Waals surface area contributed by atoms with Crippen LogP contribution in [-0.4, -0.2) is 6.21 Å². The van der Waals surface area contributed by atoms with E-state index in [0.29, 0.717) is 11.3 Å². The third kappa shape index (κ3) is 4.32. The van der Waals surface area contributed by atoms with E-state index in [1.165, 1.54) is 11.6 Å². The van der Waals surface area contributed by atoms with E-state index < -0.39 is 0 Å². The van der Waals surface area contributed by atoms with Crippen molar-refractivity contribution in [1.82, 2.24) is 0 Å². The third-order valence-corrected chi connectivity index (χ3v) is 3.97. The van der Waals surface area contributed by atoms with Crippen molar-refractivity contribution in [2.45, 2.75) is 20.5 Å². The van der Waals surface area contributed by atoms with Crippen LogP contribution in [0.15, 0.2) is 71.7 Å². The summed E-state index contributed by atoms with van der Waals surface area (Å²) in [7, 11) is 0. The zero-order chi connectivity index (χ0) is 17.6. The molecule has 0 N–H and O–H groups in total. The molecule has 3 heteroatoms. The summed E-state index contributed by atoms with van der Waals surface area (Å²) in [5.41, 5.74) is 4.61. The summed E-state index contributed by atoms with van der Waals surface area (Å²) in [5, 5.41) is 0. The summed E-state index contributed by atoms with van der Waals surface area (Å²) >= 11 is 0. The lowest BCUT2D eigenvalue weighted by atomic mass is 10.1. The van der Waals surface area contributed by atoms with Gasteiger partial charge in [0.15, 0.2) is 0 Å². The van der Waals surface area contributed by atoms with Gasteiger partial charge in [0.1, 0.15) is 18.2 Å². The van der Waals surface area contributed by atoms with E-state index in [2.05, 4.69) is 23.2 Å². The maximum Gasteiger partial charge on any atom is 0.129 e. The fourth-order valence-corrected chi connectivity index (χ4v) is 2.49. The second kappa shape index (κ2) is 7.75. The number of rotatable bonds is 5. The molecule has 0 aliphatic carbocycles. The molecule has 0 saturated heterocycles. The Bertz CT molecular complexity index is 902. The first-order valence-electron chi connectivity index (χ1n) is 8.20. The lowest BCUT2D eigenvalue weighted by Gasteiger charge is -2.10. The average molecular weight is 333 g/mol. The zero-order valence-electron chi connectivity index (χ0n) is 14.4. The molecule has 2 nitrogen and oxygen atoms in total. The van der Waals surface area contributed by atoms with Crippen LogP contribution in [0.3, 0.4) is 0 Å². The van der Waals surface area contributed by atoms with Crippen LogP contribution in [0.5, 0.6) is 5.75 Å². The largest absolute Gasteiger partial charge is 0.488 e. The Morgan fingerprint density at radius 3 is 2.56 bits per heavy atom. The monoisotopic (exact) mass is 333 g/mol. The van der Waals surface area contributed by atoms with E-state index in [4.69, 9.17) is 4.74 Å². The predicted molar refractivity (Wildman–Crippen MR) is 100 cm³/mol. The Labute approximate surface area is 147 Å². The van der Waals surface area contributed by atoms with Gasteiger partial charge in [0.2, 0.25) is 0 Å². The maximum atomic E-state index is 13.7. The Morgan fingerprint density at radius 1 is 0.960 bits per heavy atom. The lowest BCUT2D eigenvalue weighted by Crippen LogP contribution is -2.00. The molecule has 3 rings (SSSR count). The van der Waals surface area contributed by atoms with Gasteiger partial charge in [-0.2, -0.15) is 0 Å². The highest BCUT2D eigenvalue weighted by Crippen LogP contribution is 2.22. The topological polar surface area (TPSA) is 21.6 Å². The first-order valence-corrected chi connectivity index (χ1v) is 8.20. The summed E-state index contributed by atoms with van der Waals surface area (Å²) in [4.78, 5) is 4.59. The lowest BCUT2D eigenvalue weighted by molar-refractivity contribution is 0.299. The highest BCUT2D eigenvalue weighted by atomic mass is 19.1. The van der Waals surface area contributed by atoms with E-state index >= 15 is 0 Å². The molecule has 3 aromatic rings. The van der Waals surface area contributed by atoms with Crippen molar-refractivity contribution in [3.63, 3.8) is 0 Å². The molecule has 0 saturated carbocycles. The van der Waals surface area contributed by atoms with Crippen molar-refractivity contribution >= 4 is 11.9 Å². The van der Waals surface area contributed by atoms with Crippen molar-refractivity contribution in [2.75, 3.05) is 0 Å². The number of ether oxygens (including phenoxy) is 1. The van der Waals surface area contributed by atoms with Crippen molar-refractivity contribution in [2.24, 2.45) is 4.99 Å². The van der Waals surface area contributed by atoms with E-state index in [1.807, 2.05) is 38.1 Å². The Balaban J connectivity index is 1.80. The maximum absolute atomic E-state index is 13.7. The molecule has 0 aliphatic rings. The number of hydrogen-bond donors (Lipinski definition) is 0. The molecule has 0 aromatic heterocycles. The normalized spacial score (nSPS) is 11.0. The van der Waals surface area contributed by atoms with Crippen LogP contribution in [0.1, 0.15) is 22.3 Å². The number of nitrogens with zero attached hydrogens (tertiary/aromatic N) is 1. The average Bonchev–Trinajstić information content (AvgIpc) is 2.62. The van der Waals surface area contributed by atoms with Gasteiger partial charge < -0.3 is 4.74 Å². The second-order valence-electron chi connectivity index (χ2n) is 5.97. The van der Waals surface area contributed by atoms with E-state index in [1.54, 1.807) is 24.4 Å². The van der Waals surface area contributed by atoms with Crippen molar-refractivity contribution in [3.05, 3.63) is 94.8 Å². The van der Waals surface area contributed by atoms with Gasteiger partial charge in [-0.15, -0.1) is 0 Å². The Morgan fingerprint density at radius 2 is 1.72 bits per heavy atom. The molecule has 0 heterocycles. The van der Waals surface area contributed by atoms with Gasteiger partial charge in [-0.25, -0.2) is 4.39 Å². The molecule has 126 valence electrons. The zero-order valence-corrected chi connectivity index (χ0v) is 14.4. The van der Waals surface area contributed by atoms with Gasteiger partial charge >= 0.3 is 0 Å². The summed E-state index contributed by atoms with van der Waals surface area (Å²) in [5.74, 6) is 0.420. The van der Waals surface area contributed by atoms with Gasteiger partial charge in [-0.05, 0) is 49.2 Å². The van der Waals surface area contributed by atoms with Crippen molar-refractivity contribution < 1.29 is 9.13 Å². The summed E-state index contributed by atoms with van der Waals surface area (Å²) in [6.07, 6.45) is 1.79. The summed E-state index contributed by atoms with van der Waals surface area (Å²) in [6.45, 7) is 4.26. The standard InChI is InChI=1S/C22H20FNO/c1-16-11-12-17(2)21(13-16)24-14-18-7-4-6-10-22(18)25-15-19-8-3-5-9-20(19)23/h3-14H,15H2,1-2H3. The number of aryl methyl sites for hydroxylation is 2. The molecular formula is C22H20FNO. The van der Waals surface area contributed by atoms with Crippen molar-refractivity contribution in [3.8, 4) is 5.75 Å². The van der Waals surface area contributed by atoms with Crippen molar-refractivity contribution in [1.29, 1.82) is 0 Å². The van der Waals surface area contributed by atoms with E-state index in [9.17, 15) is 4.39 Å². The molecule has 0 fully saturated rings. The van der Waals surface area contributed by atoms with Gasteiger partial charge in [-0.1, -0.05) is 42.5 Å². The molecule has 0 amide bonds. The number of aliphatic imine (C=N–C) groups is 1. The summed E-state index contributed by atoms with van der Waals surface area (Å²) in [6, 6.07) is 20.4. The number of para-hydroxylation sites is 1. The molecule has 0 bridgehead atoms. The van der Waals surface area contributed by atoms with Gasteiger partial charge in [0, 0.05) is 17.3 Å². The van der Waals surface area contributed by atoms with Crippen LogP contribution in [0.2, 0.25) is 0 Å².